The predicted molar refractivity (Wildman–Crippen MR) is 57.3 cm³/mol. The summed E-state index contributed by atoms with van der Waals surface area (Å²) < 4.78 is 0. The molecule has 0 spiro atoms. The third-order valence-electron chi connectivity index (χ3n) is 2.15. The van der Waals surface area contributed by atoms with Crippen LogP contribution in [0.4, 0.5) is 5.95 Å². The van der Waals surface area contributed by atoms with Gasteiger partial charge in [-0.15, -0.1) is 5.10 Å². The fourth-order valence-electron chi connectivity index (χ4n) is 1.25. The second-order valence-corrected chi connectivity index (χ2v) is 3.48. The molecule has 0 atom stereocenters. The number of carbonyl (C=O) groups is 1. The first-order valence-corrected chi connectivity index (χ1v) is 5.08. The molecule has 1 amide bonds. The number of rotatable bonds is 5. The number of nitrogens with two attached hydrogens (primary N) is 1. The second-order valence-electron chi connectivity index (χ2n) is 3.48. The molecule has 0 aliphatic rings. The number of H-pyrrole nitrogens is 1. The van der Waals surface area contributed by atoms with Crippen LogP contribution in [0.1, 0.15) is 36.8 Å². The molecule has 84 valence electrons. The number of nitrogen functional groups attached to an aromatic ring is 1. The van der Waals surface area contributed by atoms with E-state index in [9.17, 15) is 4.79 Å². The molecule has 6 heteroatoms. The molecule has 0 aliphatic carbocycles. The van der Waals surface area contributed by atoms with Gasteiger partial charge in [0.25, 0.3) is 5.91 Å². The van der Waals surface area contributed by atoms with Crippen LogP contribution in [-0.2, 0) is 0 Å². The summed E-state index contributed by atoms with van der Waals surface area (Å²) in [4.78, 5) is 17.1. The highest BCUT2D eigenvalue weighted by Crippen LogP contribution is 2.01. The zero-order valence-corrected chi connectivity index (χ0v) is 9.16. The quantitative estimate of drug-likeness (QED) is 0.700. The number of hydrogen-bond donors (Lipinski definition) is 2. The van der Waals surface area contributed by atoms with Gasteiger partial charge in [-0.25, -0.2) is 0 Å². The van der Waals surface area contributed by atoms with E-state index < -0.39 is 0 Å². The van der Waals surface area contributed by atoms with Crippen LogP contribution in [0.15, 0.2) is 0 Å². The summed E-state index contributed by atoms with van der Waals surface area (Å²) in [6.45, 7) is 2.85. The maximum absolute atomic E-state index is 11.7. The van der Waals surface area contributed by atoms with Crippen LogP contribution in [0.5, 0.6) is 0 Å². The van der Waals surface area contributed by atoms with Crippen LogP contribution >= 0.6 is 0 Å². The number of amides is 1. The highest BCUT2D eigenvalue weighted by molar-refractivity contribution is 5.90. The standard InChI is InChI=1S/C9H17N5O/c1-3-4-5-6-14(2)8(15)7-11-9(10)13-12-7/h3-6H2,1-2H3,(H3,10,11,12,13). The van der Waals surface area contributed by atoms with Gasteiger partial charge in [-0.05, 0) is 6.42 Å². The average molecular weight is 211 g/mol. The number of anilines is 1. The number of carbonyl (C=O) groups excluding carboxylic acids is 1. The minimum absolute atomic E-state index is 0.0975. The first-order valence-electron chi connectivity index (χ1n) is 5.08. The van der Waals surface area contributed by atoms with Gasteiger partial charge in [-0.1, -0.05) is 19.8 Å². The van der Waals surface area contributed by atoms with Gasteiger partial charge < -0.3 is 10.6 Å². The maximum Gasteiger partial charge on any atom is 0.290 e. The normalized spacial score (nSPS) is 10.3. The predicted octanol–water partition coefficient (Wildman–Crippen LogP) is 0.649. The van der Waals surface area contributed by atoms with Gasteiger partial charge >= 0.3 is 0 Å². The molecule has 15 heavy (non-hydrogen) atoms. The van der Waals surface area contributed by atoms with Crippen LogP contribution in [-0.4, -0.2) is 39.6 Å². The molecular weight excluding hydrogens is 194 g/mol. The fraction of sp³-hybridized carbons (Fsp3) is 0.667. The van der Waals surface area contributed by atoms with Crippen molar-refractivity contribution >= 4 is 11.9 Å². The molecule has 0 aromatic carbocycles. The van der Waals surface area contributed by atoms with Gasteiger partial charge in [0.2, 0.25) is 11.8 Å². The Balaban J connectivity index is 2.46. The minimum atomic E-state index is -0.171. The highest BCUT2D eigenvalue weighted by atomic mass is 16.2. The monoisotopic (exact) mass is 211 g/mol. The van der Waals surface area contributed by atoms with Crippen molar-refractivity contribution < 1.29 is 4.79 Å². The van der Waals surface area contributed by atoms with Gasteiger partial charge in [0.15, 0.2) is 0 Å². The second kappa shape index (κ2) is 5.33. The van der Waals surface area contributed by atoms with Crippen LogP contribution in [0, 0.1) is 0 Å². The smallest absolute Gasteiger partial charge is 0.290 e. The summed E-state index contributed by atoms with van der Waals surface area (Å²) in [5, 5.41) is 6.11. The molecule has 0 aliphatic heterocycles. The molecule has 3 N–H and O–H groups in total. The lowest BCUT2D eigenvalue weighted by Crippen LogP contribution is -2.28. The van der Waals surface area contributed by atoms with E-state index in [0.29, 0.717) is 0 Å². The number of nitrogens with zero attached hydrogens (tertiary/aromatic N) is 3. The van der Waals surface area contributed by atoms with Gasteiger partial charge in [-0.3, -0.25) is 9.89 Å². The summed E-state index contributed by atoms with van der Waals surface area (Å²) in [6, 6.07) is 0. The van der Waals surface area contributed by atoms with Gasteiger partial charge in [0, 0.05) is 13.6 Å². The van der Waals surface area contributed by atoms with E-state index in [0.717, 1.165) is 25.8 Å². The molecule has 0 unspecified atom stereocenters. The largest absolute Gasteiger partial charge is 0.366 e. The summed E-state index contributed by atoms with van der Waals surface area (Å²) in [5.74, 6) is 0.127. The van der Waals surface area contributed by atoms with E-state index in [1.54, 1.807) is 11.9 Å². The van der Waals surface area contributed by atoms with Gasteiger partial charge in [-0.2, -0.15) is 4.98 Å². The molecule has 1 heterocycles. The topological polar surface area (TPSA) is 87.9 Å². The molecule has 0 bridgehead atoms. The van der Waals surface area contributed by atoms with E-state index >= 15 is 0 Å². The van der Waals surface area contributed by atoms with Crippen LogP contribution in [0.3, 0.4) is 0 Å². The molecule has 0 saturated carbocycles. The minimum Gasteiger partial charge on any atom is -0.366 e. The molecule has 0 saturated heterocycles. The van der Waals surface area contributed by atoms with Crippen molar-refractivity contribution in [1.29, 1.82) is 0 Å². The Morgan fingerprint density at radius 2 is 2.27 bits per heavy atom. The Hall–Kier alpha value is -1.59. The third kappa shape index (κ3) is 3.23. The zero-order chi connectivity index (χ0) is 11.3. The fourth-order valence-corrected chi connectivity index (χ4v) is 1.25. The van der Waals surface area contributed by atoms with E-state index in [2.05, 4.69) is 22.1 Å². The van der Waals surface area contributed by atoms with Gasteiger partial charge in [0.05, 0.1) is 0 Å². The first kappa shape index (κ1) is 11.5. The van der Waals surface area contributed by atoms with Crippen molar-refractivity contribution in [3.63, 3.8) is 0 Å². The lowest BCUT2D eigenvalue weighted by Gasteiger charge is -2.14. The summed E-state index contributed by atoms with van der Waals surface area (Å²) >= 11 is 0. The molecule has 6 nitrogen and oxygen atoms in total. The lowest BCUT2D eigenvalue weighted by atomic mass is 10.2. The third-order valence-corrected chi connectivity index (χ3v) is 2.15. The van der Waals surface area contributed by atoms with E-state index in [-0.39, 0.29) is 17.7 Å². The molecule has 0 radical (unpaired) electrons. The Kier molecular flexibility index (Phi) is 4.08. The number of unbranched alkanes of at least 4 members (excludes halogenated alkanes) is 2. The molecular formula is C9H17N5O. The van der Waals surface area contributed by atoms with Crippen molar-refractivity contribution in [2.24, 2.45) is 0 Å². The Morgan fingerprint density at radius 1 is 1.53 bits per heavy atom. The van der Waals surface area contributed by atoms with E-state index in [4.69, 9.17) is 5.73 Å². The number of nitrogens with one attached hydrogen (secondary N) is 1. The molecule has 1 aromatic heterocycles. The van der Waals surface area contributed by atoms with Crippen molar-refractivity contribution in [3.05, 3.63) is 5.82 Å². The van der Waals surface area contributed by atoms with Gasteiger partial charge in [0.1, 0.15) is 0 Å². The maximum atomic E-state index is 11.7. The van der Waals surface area contributed by atoms with Crippen LogP contribution in [0.25, 0.3) is 0 Å². The van der Waals surface area contributed by atoms with E-state index in [1.165, 1.54) is 0 Å². The zero-order valence-electron chi connectivity index (χ0n) is 9.16. The van der Waals surface area contributed by atoms with Crippen LogP contribution < -0.4 is 5.73 Å². The van der Waals surface area contributed by atoms with Crippen LogP contribution in [0.2, 0.25) is 0 Å². The Bertz CT molecular complexity index is 322. The van der Waals surface area contributed by atoms with Crippen molar-refractivity contribution in [2.45, 2.75) is 26.2 Å². The number of aromatic nitrogens is 3. The summed E-state index contributed by atoms with van der Waals surface area (Å²) in [5.41, 5.74) is 5.31. The molecule has 1 aromatic rings. The molecule has 1 rings (SSSR count). The average Bonchev–Trinajstić information content (AvgIpc) is 2.64. The highest BCUT2D eigenvalue weighted by Gasteiger charge is 2.14. The number of aromatic amines is 1. The first-order chi connectivity index (χ1) is 7.15. The Labute approximate surface area is 88.9 Å². The summed E-state index contributed by atoms with van der Waals surface area (Å²) in [7, 11) is 1.75. The number of hydrogen-bond acceptors (Lipinski definition) is 4. The summed E-state index contributed by atoms with van der Waals surface area (Å²) in [6.07, 6.45) is 3.26. The Morgan fingerprint density at radius 3 is 2.80 bits per heavy atom. The van der Waals surface area contributed by atoms with E-state index in [1.807, 2.05) is 0 Å². The lowest BCUT2D eigenvalue weighted by molar-refractivity contribution is 0.0781. The van der Waals surface area contributed by atoms with Crippen molar-refractivity contribution in [1.82, 2.24) is 20.1 Å². The SMILES string of the molecule is CCCCCN(C)C(=O)c1nc(N)n[nH]1. The van der Waals surface area contributed by atoms with Crippen molar-refractivity contribution in [3.8, 4) is 0 Å². The molecule has 0 fully saturated rings. The van der Waals surface area contributed by atoms with Crippen molar-refractivity contribution in [2.75, 3.05) is 19.3 Å².